The quantitative estimate of drug-likeness (QED) is 0.724. The van der Waals surface area contributed by atoms with Gasteiger partial charge in [-0.05, 0) is 23.8 Å². The molecule has 7 heteroatoms. The summed E-state index contributed by atoms with van der Waals surface area (Å²) in [6, 6.07) is 11.4. The van der Waals surface area contributed by atoms with Gasteiger partial charge in [0.25, 0.3) is 0 Å². The van der Waals surface area contributed by atoms with Crippen molar-refractivity contribution in [1.82, 2.24) is 20.2 Å². The maximum Gasteiger partial charge on any atom is 0.244 e. The van der Waals surface area contributed by atoms with E-state index >= 15 is 0 Å². The van der Waals surface area contributed by atoms with Gasteiger partial charge in [0, 0.05) is 30.7 Å². The molecule has 0 aliphatic rings. The molecule has 0 aliphatic carbocycles. The molecule has 0 fully saturated rings. The van der Waals surface area contributed by atoms with Crippen molar-refractivity contribution in [2.75, 3.05) is 17.7 Å². The Balaban J connectivity index is 1.67. The summed E-state index contributed by atoms with van der Waals surface area (Å²) in [6.45, 7) is 0.581. The van der Waals surface area contributed by atoms with Crippen LogP contribution in [0.2, 0.25) is 0 Å². The second kappa shape index (κ2) is 7.17. The van der Waals surface area contributed by atoms with E-state index in [-0.39, 0.29) is 0 Å². The lowest BCUT2D eigenvalue weighted by Crippen LogP contribution is -2.06. The Morgan fingerprint density at radius 2 is 2.09 bits per heavy atom. The first-order valence-corrected chi connectivity index (χ1v) is 7.07. The predicted octanol–water partition coefficient (Wildman–Crippen LogP) is 2.63. The largest absolute Gasteiger partial charge is 0.497 e. The van der Waals surface area contributed by atoms with Gasteiger partial charge in [0.1, 0.15) is 5.75 Å². The molecule has 116 valence electrons. The summed E-state index contributed by atoms with van der Waals surface area (Å²) in [6.07, 6.45) is 5.09. The minimum atomic E-state index is 0.446. The van der Waals surface area contributed by atoms with E-state index in [1.54, 1.807) is 25.7 Å². The number of pyridine rings is 1. The Kier molecular flexibility index (Phi) is 4.58. The van der Waals surface area contributed by atoms with E-state index in [1.807, 2.05) is 36.4 Å². The van der Waals surface area contributed by atoms with Gasteiger partial charge in [0.05, 0.1) is 13.3 Å². The number of anilines is 3. The first kappa shape index (κ1) is 14.7. The number of ether oxygens (including phenoxy) is 1. The highest BCUT2D eigenvalue weighted by molar-refractivity contribution is 5.58. The van der Waals surface area contributed by atoms with E-state index in [4.69, 9.17) is 4.74 Å². The number of aromatic nitrogens is 4. The summed E-state index contributed by atoms with van der Waals surface area (Å²) in [5.41, 5.74) is 1.91. The average Bonchev–Trinajstić information content (AvgIpc) is 2.61. The molecule has 3 aromatic rings. The first-order chi connectivity index (χ1) is 11.3. The van der Waals surface area contributed by atoms with Gasteiger partial charge < -0.3 is 15.4 Å². The van der Waals surface area contributed by atoms with Crippen LogP contribution >= 0.6 is 0 Å². The molecule has 0 amide bonds. The van der Waals surface area contributed by atoms with E-state index in [0.717, 1.165) is 17.0 Å². The monoisotopic (exact) mass is 308 g/mol. The summed E-state index contributed by atoms with van der Waals surface area (Å²) in [5, 5.41) is 14.2. The molecular weight excluding hydrogens is 292 g/mol. The smallest absolute Gasteiger partial charge is 0.244 e. The summed E-state index contributed by atoms with van der Waals surface area (Å²) in [4.78, 5) is 8.45. The van der Waals surface area contributed by atoms with Crippen LogP contribution in [0.15, 0.2) is 55.0 Å². The second-order valence-corrected chi connectivity index (χ2v) is 4.74. The molecule has 1 aromatic carbocycles. The van der Waals surface area contributed by atoms with E-state index in [1.165, 1.54) is 0 Å². The van der Waals surface area contributed by atoms with Crippen molar-refractivity contribution in [1.29, 1.82) is 0 Å². The zero-order chi connectivity index (χ0) is 15.9. The molecule has 2 N–H and O–H groups in total. The minimum Gasteiger partial charge on any atom is -0.497 e. The average molecular weight is 308 g/mol. The molecule has 0 radical (unpaired) electrons. The summed E-state index contributed by atoms with van der Waals surface area (Å²) in [7, 11) is 1.63. The van der Waals surface area contributed by atoms with Crippen LogP contribution in [0.5, 0.6) is 5.75 Å². The Hall–Kier alpha value is -3.22. The third kappa shape index (κ3) is 4.13. The van der Waals surface area contributed by atoms with Crippen LogP contribution in [0.1, 0.15) is 5.56 Å². The van der Waals surface area contributed by atoms with Gasteiger partial charge in [-0.15, -0.1) is 5.10 Å². The maximum absolute atomic E-state index is 5.20. The minimum absolute atomic E-state index is 0.446. The van der Waals surface area contributed by atoms with Gasteiger partial charge in [0.15, 0.2) is 5.82 Å². The van der Waals surface area contributed by atoms with E-state index in [2.05, 4.69) is 30.8 Å². The lowest BCUT2D eigenvalue weighted by molar-refractivity contribution is 0.415. The second-order valence-electron chi connectivity index (χ2n) is 4.74. The molecule has 0 bridgehead atoms. The lowest BCUT2D eigenvalue weighted by atomic mass is 10.3. The maximum atomic E-state index is 5.20. The van der Waals surface area contributed by atoms with Crippen molar-refractivity contribution in [2.24, 2.45) is 0 Å². The van der Waals surface area contributed by atoms with Crippen molar-refractivity contribution < 1.29 is 4.74 Å². The highest BCUT2D eigenvalue weighted by Crippen LogP contribution is 2.20. The van der Waals surface area contributed by atoms with E-state index in [9.17, 15) is 0 Å². The van der Waals surface area contributed by atoms with Gasteiger partial charge in [-0.1, -0.05) is 12.1 Å². The van der Waals surface area contributed by atoms with Crippen molar-refractivity contribution >= 4 is 17.5 Å². The molecule has 0 saturated heterocycles. The standard InChI is InChI=1S/C16H16N6O/c1-23-14-6-2-5-13(8-14)20-15-11-19-22-16(21-15)18-10-12-4-3-7-17-9-12/h2-9,11H,10H2,1H3,(H2,18,20,21,22). The highest BCUT2D eigenvalue weighted by atomic mass is 16.5. The number of hydrogen-bond donors (Lipinski definition) is 2. The topological polar surface area (TPSA) is 84.9 Å². The van der Waals surface area contributed by atoms with Crippen LogP contribution in [0.25, 0.3) is 0 Å². The van der Waals surface area contributed by atoms with Gasteiger partial charge in [0.2, 0.25) is 5.95 Å². The first-order valence-electron chi connectivity index (χ1n) is 7.07. The Morgan fingerprint density at radius 3 is 2.91 bits per heavy atom. The molecular formula is C16H16N6O. The number of nitrogens with one attached hydrogen (secondary N) is 2. The fraction of sp³-hybridized carbons (Fsp3) is 0.125. The number of nitrogens with zero attached hydrogens (tertiary/aromatic N) is 4. The van der Waals surface area contributed by atoms with E-state index < -0.39 is 0 Å². The Bertz CT molecular complexity index is 765. The molecule has 3 rings (SSSR count). The third-order valence-electron chi connectivity index (χ3n) is 3.07. The lowest BCUT2D eigenvalue weighted by Gasteiger charge is -2.08. The molecule has 0 aliphatic heterocycles. The van der Waals surface area contributed by atoms with Crippen LogP contribution in [-0.2, 0) is 6.54 Å². The molecule has 0 saturated carbocycles. The van der Waals surface area contributed by atoms with Crippen molar-refractivity contribution in [3.05, 3.63) is 60.6 Å². The Labute approximate surface area is 133 Å². The van der Waals surface area contributed by atoms with Crippen molar-refractivity contribution in [3.8, 4) is 5.75 Å². The highest BCUT2D eigenvalue weighted by Gasteiger charge is 2.02. The van der Waals surface area contributed by atoms with Crippen molar-refractivity contribution in [3.63, 3.8) is 0 Å². The Morgan fingerprint density at radius 1 is 1.13 bits per heavy atom. The molecule has 7 nitrogen and oxygen atoms in total. The van der Waals surface area contributed by atoms with Crippen LogP contribution in [0, 0.1) is 0 Å². The molecule has 2 aromatic heterocycles. The zero-order valence-electron chi connectivity index (χ0n) is 12.6. The number of benzene rings is 1. The van der Waals surface area contributed by atoms with Crippen LogP contribution in [0.4, 0.5) is 17.5 Å². The molecule has 23 heavy (non-hydrogen) atoms. The summed E-state index contributed by atoms with van der Waals surface area (Å²) >= 11 is 0. The van der Waals surface area contributed by atoms with Crippen LogP contribution in [-0.4, -0.2) is 27.3 Å². The van der Waals surface area contributed by atoms with Gasteiger partial charge in [-0.25, -0.2) is 0 Å². The number of hydrogen-bond acceptors (Lipinski definition) is 7. The molecule has 0 atom stereocenters. The SMILES string of the molecule is COc1cccc(Nc2cnnc(NCc3cccnc3)n2)c1. The van der Waals surface area contributed by atoms with Gasteiger partial charge in [-0.2, -0.15) is 10.1 Å². The third-order valence-corrected chi connectivity index (χ3v) is 3.07. The zero-order valence-corrected chi connectivity index (χ0v) is 12.6. The molecule has 0 spiro atoms. The number of methoxy groups -OCH3 is 1. The van der Waals surface area contributed by atoms with Crippen LogP contribution < -0.4 is 15.4 Å². The molecule has 0 unspecified atom stereocenters. The van der Waals surface area contributed by atoms with E-state index in [0.29, 0.717) is 18.3 Å². The number of rotatable bonds is 6. The van der Waals surface area contributed by atoms with Gasteiger partial charge >= 0.3 is 0 Å². The summed E-state index contributed by atoms with van der Waals surface area (Å²) < 4.78 is 5.20. The fourth-order valence-corrected chi connectivity index (χ4v) is 1.97. The normalized spacial score (nSPS) is 10.1. The van der Waals surface area contributed by atoms with Crippen molar-refractivity contribution in [2.45, 2.75) is 6.54 Å². The van der Waals surface area contributed by atoms with Crippen LogP contribution in [0.3, 0.4) is 0 Å². The van der Waals surface area contributed by atoms with Gasteiger partial charge in [-0.3, -0.25) is 4.98 Å². The summed E-state index contributed by atoms with van der Waals surface area (Å²) in [5.74, 6) is 1.82. The molecule has 2 heterocycles. The fourth-order valence-electron chi connectivity index (χ4n) is 1.97. The predicted molar refractivity (Wildman–Crippen MR) is 87.7 cm³/mol.